The van der Waals surface area contributed by atoms with Crippen LogP contribution in [0.15, 0.2) is 0 Å². The highest BCUT2D eigenvalue weighted by molar-refractivity contribution is 7.80. The maximum Gasteiger partial charge on any atom is 0.223 e. The van der Waals surface area contributed by atoms with Crippen molar-refractivity contribution >= 4 is 18.5 Å². The van der Waals surface area contributed by atoms with Gasteiger partial charge in [-0.3, -0.25) is 4.79 Å². The van der Waals surface area contributed by atoms with E-state index in [1.807, 2.05) is 4.90 Å². The summed E-state index contributed by atoms with van der Waals surface area (Å²) in [5.74, 6) is 1.21. The van der Waals surface area contributed by atoms with Gasteiger partial charge >= 0.3 is 0 Å². The lowest BCUT2D eigenvalue weighted by Gasteiger charge is -2.22. The second-order valence-electron chi connectivity index (χ2n) is 5.58. The minimum absolute atomic E-state index is 0.260. The van der Waals surface area contributed by atoms with Gasteiger partial charge in [0, 0.05) is 25.6 Å². The van der Waals surface area contributed by atoms with E-state index >= 15 is 0 Å². The van der Waals surface area contributed by atoms with Crippen LogP contribution in [0.1, 0.15) is 25.7 Å². The Morgan fingerprint density at radius 1 is 1.50 bits per heavy atom. The number of rotatable bonds is 4. The van der Waals surface area contributed by atoms with E-state index in [9.17, 15) is 4.79 Å². The van der Waals surface area contributed by atoms with E-state index in [1.54, 1.807) is 0 Å². The molecule has 3 nitrogen and oxygen atoms in total. The van der Waals surface area contributed by atoms with E-state index < -0.39 is 0 Å². The van der Waals surface area contributed by atoms with Crippen molar-refractivity contribution in [3.63, 3.8) is 0 Å². The average Bonchev–Trinajstić information content (AvgIpc) is 2.83. The van der Waals surface area contributed by atoms with E-state index in [0.29, 0.717) is 11.9 Å². The minimum atomic E-state index is 0.260. The fraction of sp³-hybridized carbons (Fsp3) is 0.917. The summed E-state index contributed by atoms with van der Waals surface area (Å²) in [5.41, 5.74) is 0.260. The summed E-state index contributed by atoms with van der Waals surface area (Å²) >= 11 is 4.35. The smallest absolute Gasteiger partial charge is 0.223 e. The van der Waals surface area contributed by atoms with Gasteiger partial charge in [0.15, 0.2) is 0 Å². The summed E-state index contributed by atoms with van der Waals surface area (Å²) in [7, 11) is 4.18. The van der Waals surface area contributed by atoms with Crippen molar-refractivity contribution in [1.82, 2.24) is 9.80 Å². The first-order valence-corrected chi connectivity index (χ1v) is 6.75. The molecule has 0 spiro atoms. The van der Waals surface area contributed by atoms with E-state index in [2.05, 4.69) is 31.6 Å². The van der Waals surface area contributed by atoms with Gasteiger partial charge in [-0.25, -0.2) is 0 Å². The predicted octanol–water partition coefficient (Wildman–Crippen LogP) is 1.25. The number of carbonyl (C=O) groups is 1. The number of hydrogen-bond donors (Lipinski definition) is 1. The van der Waals surface area contributed by atoms with Crippen LogP contribution >= 0.6 is 12.6 Å². The summed E-state index contributed by atoms with van der Waals surface area (Å²) < 4.78 is 0. The average molecular weight is 242 g/mol. The molecule has 0 radical (unpaired) electrons. The molecule has 0 bridgehead atoms. The number of thiol groups is 1. The molecule has 1 heterocycles. The zero-order valence-electron chi connectivity index (χ0n) is 10.3. The number of hydrogen-bond acceptors (Lipinski definition) is 3. The molecule has 1 aliphatic heterocycles. The Labute approximate surface area is 104 Å². The molecule has 2 rings (SSSR count). The fourth-order valence-electron chi connectivity index (χ4n) is 2.39. The molecule has 0 aromatic carbocycles. The molecule has 1 amide bonds. The van der Waals surface area contributed by atoms with Crippen LogP contribution in [0, 0.1) is 5.41 Å². The Morgan fingerprint density at radius 2 is 2.19 bits per heavy atom. The first-order valence-electron chi connectivity index (χ1n) is 6.11. The monoisotopic (exact) mass is 242 g/mol. The number of carbonyl (C=O) groups excluding carboxylic acids is 1. The number of amides is 1. The maximum absolute atomic E-state index is 12.1. The number of likely N-dealkylation sites (N-methyl/N-ethyl adjacent to an activating group) is 1. The number of likely N-dealkylation sites (tertiary alicyclic amines) is 1. The van der Waals surface area contributed by atoms with E-state index in [-0.39, 0.29) is 5.41 Å². The Kier molecular flexibility index (Phi) is 3.50. The van der Waals surface area contributed by atoms with Crippen LogP contribution in [-0.2, 0) is 4.79 Å². The molecule has 92 valence electrons. The van der Waals surface area contributed by atoms with Gasteiger partial charge in [-0.05, 0) is 44.5 Å². The van der Waals surface area contributed by atoms with Gasteiger partial charge in [0.25, 0.3) is 0 Å². The largest absolute Gasteiger partial charge is 0.341 e. The van der Waals surface area contributed by atoms with Crippen LogP contribution in [0.5, 0.6) is 0 Å². The van der Waals surface area contributed by atoms with E-state index in [0.717, 1.165) is 31.7 Å². The standard InChI is InChI=1S/C12H22N2OS/c1-13(2)10-3-6-14(8-10)11(15)7-12(9-16)4-5-12/h10,16H,3-9H2,1-2H3. The van der Waals surface area contributed by atoms with Crippen LogP contribution in [-0.4, -0.2) is 54.7 Å². The lowest BCUT2D eigenvalue weighted by atomic mass is 10.0. The Morgan fingerprint density at radius 3 is 2.62 bits per heavy atom. The third-order valence-corrected chi connectivity index (χ3v) is 4.74. The highest BCUT2D eigenvalue weighted by atomic mass is 32.1. The second kappa shape index (κ2) is 4.57. The molecular formula is C12H22N2OS. The summed E-state index contributed by atoms with van der Waals surface area (Å²) in [6.07, 6.45) is 4.21. The third kappa shape index (κ3) is 2.54. The van der Waals surface area contributed by atoms with Crippen LogP contribution in [0.2, 0.25) is 0 Å². The van der Waals surface area contributed by atoms with Crippen LogP contribution in [0.4, 0.5) is 0 Å². The lowest BCUT2D eigenvalue weighted by Crippen LogP contribution is -2.35. The fourth-order valence-corrected chi connectivity index (χ4v) is 2.82. The normalized spacial score (nSPS) is 27.5. The predicted molar refractivity (Wildman–Crippen MR) is 68.8 cm³/mol. The molecule has 1 saturated carbocycles. The van der Waals surface area contributed by atoms with Crippen LogP contribution in [0.25, 0.3) is 0 Å². The van der Waals surface area contributed by atoms with Gasteiger partial charge in [0.2, 0.25) is 5.91 Å². The molecule has 1 saturated heterocycles. The van der Waals surface area contributed by atoms with Crippen molar-refractivity contribution in [2.45, 2.75) is 31.7 Å². The molecular weight excluding hydrogens is 220 g/mol. The van der Waals surface area contributed by atoms with Gasteiger partial charge in [0.1, 0.15) is 0 Å². The van der Waals surface area contributed by atoms with E-state index in [4.69, 9.17) is 0 Å². The zero-order chi connectivity index (χ0) is 11.8. The Hall–Kier alpha value is -0.220. The maximum atomic E-state index is 12.1. The summed E-state index contributed by atoms with van der Waals surface area (Å²) in [6, 6.07) is 0.551. The molecule has 2 aliphatic rings. The van der Waals surface area contributed by atoms with Crippen molar-refractivity contribution in [1.29, 1.82) is 0 Å². The molecule has 0 aromatic heterocycles. The summed E-state index contributed by atoms with van der Waals surface area (Å²) in [6.45, 7) is 1.85. The molecule has 1 aliphatic carbocycles. The minimum Gasteiger partial charge on any atom is -0.341 e. The molecule has 0 N–H and O–H groups in total. The molecule has 2 fully saturated rings. The highest BCUT2D eigenvalue weighted by Gasteiger charge is 2.44. The van der Waals surface area contributed by atoms with Gasteiger partial charge < -0.3 is 9.80 Å². The first-order chi connectivity index (χ1) is 7.56. The summed E-state index contributed by atoms with van der Waals surface area (Å²) in [5, 5.41) is 0. The van der Waals surface area contributed by atoms with Crippen molar-refractivity contribution < 1.29 is 4.79 Å². The first kappa shape index (κ1) is 12.2. The molecule has 4 heteroatoms. The van der Waals surface area contributed by atoms with Crippen LogP contribution in [0.3, 0.4) is 0 Å². The van der Waals surface area contributed by atoms with Crippen molar-refractivity contribution in [2.24, 2.45) is 5.41 Å². The van der Waals surface area contributed by atoms with Gasteiger partial charge in [-0.15, -0.1) is 0 Å². The summed E-state index contributed by atoms with van der Waals surface area (Å²) in [4.78, 5) is 16.4. The molecule has 1 unspecified atom stereocenters. The number of nitrogens with zero attached hydrogens (tertiary/aromatic N) is 2. The van der Waals surface area contributed by atoms with Gasteiger partial charge in [0.05, 0.1) is 0 Å². The quantitative estimate of drug-likeness (QED) is 0.750. The third-order valence-electron chi connectivity index (χ3n) is 4.07. The van der Waals surface area contributed by atoms with Crippen molar-refractivity contribution in [2.75, 3.05) is 32.9 Å². The highest BCUT2D eigenvalue weighted by Crippen LogP contribution is 2.49. The SMILES string of the molecule is CN(C)C1CCN(C(=O)CC2(CS)CC2)C1. The van der Waals surface area contributed by atoms with Gasteiger partial charge in [-0.2, -0.15) is 12.6 Å². The molecule has 0 aromatic rings. The molecule has 16 heavy (non-hydrogen) atoms. The van der Waals surface area contributed by atoms with Gasteiger partial charge in [-0.1, -0.05) is 0 Å². The lowest BCUT2D eigenvalue weighted by molar-refractivity contribution is -0.131. The van der Waals surface area contributed by atoms with Crippen molar-refractivity contribution in [3.8, 4) is 0 Å². The van der Waals surface area contributed by atoms with E-state index in [1.165, 1.54) is 12.8 Å². The second-order valence-corrected chi connectivity index (χ2v) is 5.90. The topological polar surface area (TPSA) is 23.6 Å². The Balaban J connectivity index is 1.83. The zero-order valence-corrected chi connectivity index (χ0v) is 11.2. The molecule has 1 atom stereocenters. The van der Waals surface area contributed by atoms with Crippen molar-refractivity contribution in [3.05, 3.63) is 0 Å². The Bertz CT molecular complexity index is 276. The van der Waals surface area contributed by atoms with Crippen LogP contribution < -0.4 is 0 Å².